The van der Waals surface area contributed by atoms with E-state index in [0.29, 0.717) is 0 Å². The predicted molar refractivity (Wildman–Crippen MR) is 91.4 cm³/mol. The largest absolute Gasteiger partial charge is 0.399 e. The van der Waals surface area contributed by atoms with Crippen LogP contribution in [0, 0.1) is 0 Å². The van der Waals surface area contributed by atoms with Gasteiger partial charge in [0.05, 0.1) is 13.2 Å². The van der Waals surface area contributed by atoms with E-state index in [1.165, 1.54) is 31.5 Å². The van der Waals surface area contributed by atoms with Gasteiger partial charge in [-0.25, -0.2) is 0 Å². The number of likely N-dealkylation sites (tertiary alicyclic amines) is 1. The van der Waals surface area contributed by atoms with Gasteiger partial charge in [0, 0.05) is 36.4 Å². The molecule has 2 fully saturated rings. The lowest BCUT2D eigenvalue weighted by atomic mass is 10.0. The van der Waals surface area contributed by atoms with Crippen LogP contribution in [-0.2, 0) is 11.2 Å². The van der Waals surface area contributed by atoms with Gasteiger partial charge < -0.3 is 15.4 Å². The molecule has 3 rings (SSSR count). The highest BCUT2D eigenvalue weighted by atomic mass is 35.5. The standard InChI is InChI=1S/C17H26ClN3O/c18-17-13-15(19)2-1-14(17)3-6-20-7-4-16(5-8-20)21-9-11-22-12-10-21/h1-2,13,16H,3-12,19H2. The zero-order valence-electron chi connectivity index (χ0n) is 13.1. The van der Waals surface area contributed by atoms with E-state index in [2.05, 4.69) is 15.9 Å². The molecule has 1 aromatic carbocycles. The van der Waals surface area contributed by atoms with Crippen LogP contribution in [0.2, 0.25) is 5.02 Å². The topological polar surface area (TPSA) is 41.7 Å². The van der Waals surface area contributed by atoms with Crippen molar-refractivity contribution < 1.29 is 4.74 Å². The molecule has 2 aliphatic heterocycles. The fraction of sp³-hybridized carbons (Fsp3) is 0.647. The van der Waals surface area contributed by atoms with Crippen molar-refractivity contribution in [3.63, 3.8) is 0 Å². The van der Waals surface area contributed by atoms with Crippen molar-refractivity contribution in [2.24, 2.45) is 0 Å². The number of nitrogens with zero attached hydrogens (tertiary/aromatic N) is 2. The zero-order chi connectivity index (χ0) is 15.4. The summed E-state index contributed by atoms with van der Waals surface area (Å²) in [5.41, 5.74) is 7.68. The molecule has 0 amide bonds. The fourth-order valence-corrected chi connectivity index (χ4v) is 3.78. The molecule has 2 heterocycles. The Labute approximate surface area is 138 Å². The van der Waals surface area contributed by atoms with Crippen molar-refractivity contribution in [1.29, 1.82) is 0 Å². The van der Waals surface area contributed by atoms with Crippen molar-refractivity contribution in [3.8, 4) is 0 Å². The Morgan fingerprint density at radius 2 is 1.86 bits per heavy atom. The minimum Gasteiger partial charge on any atom is -0.399 e. The summed E-state index contributed by atoms with van der Waals surface area (Å²) in [6.07, 6.45) is 3.55. The monoisotopic (exact) mass is 323 g/mol. The average Bonchev–Trinajstić information content (AvgIpc) is 2.55. The van der Waals surface area contributed by atoms with Gasteiger partial charge in [-0.2, -0.15) is 0 Å². The summed E-state index contributed by atoms with van der Waals surface area (Å²) in [7, 11) is 0. The van der Waals surface area contributed by atoms with Crippen LogP contribution in [0.5, 0.6) is 0 Å². The number of piperidine rings is 1. The Bertz CT molecular complexity index is 483. The van der Waals surface area contributed by atoms with Gasteiger partial charge in [0.2, 0.25) is 0 Å². The molecule has 4 nitrogen and oxygen atoms in total. The SMILES string of the molecule is Nc1ccc(CCN2CCC(N3CCOCC3)CC2)c(Cl)c1. The van der Waals surface area contributed by atoms with E-state index in [1.54, 1.807) is 0 Å². The van der Waals surface area contributed by atoms with Gasteiger partial charge in [-0.3, -0.25) is 4.90 Å². The van der Waals surface area contributed by atoms with Gasteiger partial charge in [0.25, 0.3) is 0 Å². The third-order valence-electron chi connectivity index (χ3n) is 4.89. The van der Waals surface area contributed by atoms with E-state index in [-0.39, 0.29) is 0 Å². The molecule has 0 aliphatic carbocycles. The zero-order valence-corrected chi connectivity index (χ0v) is 13.9. The van der Waals surface area contributed by atoms with Crippen LogP contribution in [0.4, 0.5) is 5.69 Å². The maximum Gasteiger partial charge on any atom is 0.0594 e. The summed E-state index contributed by atoms with van der Waals surface area (Å²) in [6, 6.07) is 6.59. The molecule has 2 N–H and O–H groups in total. The van der Waals surface area contributed by atoms with E-state index in [1.807, 2.05) is 12.1 Å². The van der Waals surface area contributed by atoms with Crippen LogP contribution >= 0.6 is 11.6 Å². The van der Waals surface area contributed by atoms with Crippen molar-refractivity contribution in [1.82, 2.24) is 9.80 Å². The molecule has 0 atom stereocenters. The predicted octanol–water partition coefficient (Wildman–Crippen LogP) is 2.26. The quantitative estimate of drug-likeness (QED) is 0.863. The molecule has 5 heteroatoms. The van der Waals surface area contributed by atoms with E-state index in [9.17, 15) is 0 Å². The summed E-state index contributed by atoms with van der Waals surface area (Å²) in [6.45, 7) is 7.46. The maximum absolute atomic E-state index is 6.25. The molecule has 0 saturated carbocycles. The number of hydrogen-bond donors (Lipinski definition) is 1. The maximum atomic E-state index is 6.25. The highest BCUT2D eigenvalue weighted by Crippen LogP contribution is 2.21. The summed E-state index contributed by atoms with van der Waals surface area (Å²) < 4.78 is 5.45. The van der Waals surface area contributed by atoms with E-state index < -0.39 is 0 Å². The normalized spacial score (nSPS) is 22.0. The van der Waals surface area contributed by atoms with Crippen LogP contribution in [0.15, 0.2) is 18.2 Å². The van der Waals surface area contributed by atoms with E-state index >= 15 is 0 Å². The van der Waals surface area contributed by atoms with Gasteiger partial charge in [0.15, 0.2) is 0 Å². The Hall–Kier alpha value is -0.810. The Kier molecular flexibility index (Phi) is 5.58. The first-order valence-corrected chi connectivity index (χ1v) is 8.68. The average molecular weight is 324 g/mol. The highest BCUT2D eigenvalue weighted by Gasteiger charge is 2.25. The molecule has 2 aliphatic rings. The molecule has 122 valence electrons. The molecule has 0 spiro atoms. The third kappa shape index (κ3) is 4.13. The third-order valence-corrected chi connectivity index (χ3v) is 5.25. The molecule has 22 heavy (non-hydrogen) atoms. The van der Waals surface area contributed by atoms with Gasteiger partial charge in [-0.1, -0.05) is 17.7 Å². The molecule has 0 bridgehead atoms. The van der Waals surface area contributed by atoms with Crippen LogP contribution in [-0.4, -0.2) is 61.8 Å². The lowest BCUT2D eigenvalue weighted by molar-refractivity contribution is 0.00101. The number of benzene rings is 1. The minimum absolute atomic E-state index is 0.736. The summed E-state index contributed by atoms with van der Waals surface area (Å²) >= 11 is 6.25. The molecule has 1 aromatic rings. The lowest BCUT2D eigenvalue weighted by Crippen LogP contribution is -2.49. The Balaban J connectivity index is 1.43. The Morgan fingerprint density at radius 1 is 1.14 bits per heavy atom. The van der Waals surface area contributed by atoms with Crippen molar-refractivity contribution in [3.05, 3.63) is 28.8 Å². The van der Waals surface area contributed by atoms with Crippen molar-refractivity contribution in [2.75, 3.05) is 51.7 Å². The number of nitrogens with two attached hydrogens (primary N) is 1. The number of hydrogen-bond acceptors (Lipinski definition) is 4. The minimum atomic E-state index is 0.736. The van der Waals surface area contributed by atoms with Crippen LogP contribution in [0.25, 0.3) is 0 Å². The van der Waals surface area contributed by atoms with Crippen molar-refractivity contribution in [2.45, 2.75) is 25.3 Å². The summed E-state index contributed by atoms with van der Waals surface area (Å²) in [4.78, 5) is 5.17. The first-order valence-electron chi connectivity index (χ1n) is 8.30. The number of morpholine rings is 1. The molecule has 0 aromatic heterocycles. The highest BCUT2D eigenvalue weighted by molar-refractivity contribution is 6.31. The molecular formula is C17H26ClN3O. The number of rotatable bonds is 4. The van der Waals surface area contributed by atoms with Gasteiger partial charge in [-0.05, 0) is 50.0 Å². The summed E-state index contributed by atoms with van der Waals surface area (Å²) in [5.74, 6) is 0. The number of ether oxygens (including phenoxy) is 1. The van der Waals surface area contributed by atoms with Crippen LogP contribution in [0.1, 0.15) is 18.4 Å². The Morgan fingerprint density at radius 3 is 2.55 bits per heavy atom. The fourth-order valence-electron chi connectivity index (χ4n) is 3.50. The second-order valence-corrected chi connectivity index (χ2v) is 6.73. The smallest absolute Gasteiger partial charge is 0.0594 e. The second kappa shape index (κ2) is 7.64. The number of halogens is 1. The molecular weight excluding hydrogens is 298 g/mol. The lowest BCUT2D eigenvalue weighted by Gasteiger charge is -2.40. The van der Waals surface area contributed by atoms with Crippen molar-refractivity contribution >= 4 is 17.3 Å². The summed E-state index contributed by atoms with van der Waals surface area (Å²) in [5, 5.41) is 0.795. The first kappa shape index (κ1) is 16.1. The van der Waals surface area contributed by atoms with Crippen LogP contribution in [0.3, 0.4) is 0 Å². The van der Waals surface area contributed by atoms with E-state index in [0.717, 1.165) is 56.0 Å². The molecule has 2 saturated heterocycles. The second-order valence-electron chi connectivity index (χ2n) is 6.32. The van der Waals surface area contributed by atoms with Crippen LogP contribution < -0.4 is 5.73 Å². The van der Waals surface area contributed by atoms with E-state index in [4.69, 9.17) is 22.1 Å². The van der Waals surface area contributed by atoms with Gasteiger partial charge in [-0.15, -0.1) is 0 Å². The van der Waals surface area contributed by atoms with Gasteiger partial charge in [0.1, 0.15) is 0 Å². The molecule has 0 unspecified atom stereocenters. The first-order chi connectivity index (χ1) is 10.7. The number of nitrogen functional groups attached to an aromatic ring is 1. The molecule has 0 radical (unpaired) electrons. The van der Waals surface area contributed by atoms with Gasteiger partial charge >= 0.3 is 0 Å². The number of anilines is 1.